The Balaban J connectivity index is 1.93. The van der Waals surface area contributed by atoms with Crippen molar-refractivity contribution in [1.82, 2.24) is 5.01 Å². The molecule has 0 radical (unpaired) electrons. The van der Waals surface area contributed by atoms with E-state index in [1.165, 1.54) is 0 Å². The first kappa shape index (κ1) is 13.2. The lowest BCUT2D eigenvalue weighted by Crippen LogP contribution is -2.24. The normalized spacial score (nSPS) is 14.1. The van der Waals surface area contributed by atoms with Crippen molar-refractivity contribution in [1.29, 1.82) is 0 Å². The number of hydrogen-bond donors (Lipinski definition) is 0. The second kappa shape index (κ2) is 4.98. The summed E-state index contributed by atoms with van der Waals surface area (Å²) >= 11 is 0. The second-order valence-corrected chi connectivity index (χ2v) is 5.07. The molecule has 0 aromatic heterocycles. The molecule has 0 saturated heterocycles. The van der Waals surface area contributed by atoms with Gasteiger partial charge < -0.3 is 0 Å². The fraction of sp³-hybridized carbons (Fsp3) is 0.118. The number of carbonyl (C=O) groups is 2. The zero-order chi connectivity index (χ0) is 15.0. The van der Waals surface area contributed by atoms with Crippen LogP contribution in [0.25, 0.3) is 0 Å². The number of aryl methyl sites for hydroxylation is 2. The molecule has 2 aromatic rings. The van der Waals surface area contributed by atoms with E-state index in [9.17, 15) is 9.59 Å². The molecule has 0 aliphatic carbocycles. The Morgan fingerprint density at radius 3 is 2.19 bits per heavy atom. The molecule has 0 bridgehead atoms. The van der Waals surface area contributed by atoms with E-state index in [4.69, 9.17) is 0 Å². The lowest BCUT2D eigenvalue weighted by atomic mass is 10.1. The number of amides is 2. The summed E-state index contributed by atoms with van der Waals surface area (Å²) in [6.07, 6.45) is 1.56. The predicted molar refractivity (Wildman–Crippen MR) is 80.5 cm³/mol. The minimum Gasteiger partial charge on any atom is -0.267 e. The van der Waals surface area contributed by atoms with Crippen LogP contribution in [0.2, 0.25) is 0 Å². The van der Waals surface area contributed by atoms with Crippen LogP contribution in [0.5, 0.6) is 0 Å². The van der Waals surface area contributed by atoms with Crippen molar-refractivity contribution in [2.45, 2.75) is 13.8 Å². The Morgan fingerprint density at radius 1 is 0.952 bits per heavy atom. The topological polar surface area (TPSA) is 49.7 Å². The molecule has 4 heteroatoms. The predicted octanol–water partition coefficient (Wildman–Crippen LogP) is 2.93. The van der Waals surface area contributed by atoms with Gasteiger partial charge in [0.1, 0.15) is 0 Å². The van der Waals surface area contributed by atoms with Crippen molar-refractivity contribution in [3.63, 3.8) is 0 Å². The van der Waals surface area contributed by atoms with Gasteiger partial charge in [-0.25, -0.2) is 0 Å². The molecule has 0 fully saturated rings. The quantitative estimate of drug-likeness (QED) is 0.626. The Labute approximate surface area is 122 Å². The van der Waals surface area contributed by atoms with Gasteiger partial charge in [0.2, 0.25) is 0 Å². The van der Waals surface area contributed by atoms with Gasteiger partial charge in [-0.1, -0.05) is 35.9 Å². The van der Waals surface area contributed by atoms with Crippen molar-refractivity contribution in [2.24, 2.45) is 5.10 Å². The summed E-state index contributed by atoms with van der Waals surface area (Å²) in [5, 5.41) is 5.00. The molecule has 21 heavy (non-hydrogen) atoms. The Hall–Kier alpha value is -2.75. The summed E-state index contributed by atoms with van der Waals surface area (Å²) in [4.78, 5) is 24.3. The molecule has 2 amide bonds. The summed E-state index contributed by atoms with van der Waals surface area (Å²) in [7, 11) is 0. The average Bonchev–Trinajstić information content (AvgIpc) is 2.73. The van der Waals surface area contributed by atoms with Crippen LogP contribution < -0.4 is 0 Å². The zero-order valence-electron chi connectivity index (χ0n) is 11.8. The molecule has 1 aliphatic heterocycles. The van der Waals surface area contributed by atoms with Gasteiger partial charge in [0, 0.05) is 0 Å². The number of benzene rings is 2. The van der Waals surface area contributed by atoms with Crippen LogP contribution >= 0.6 is 0 Å². The van der Waals surface area contributed by atoms with E-state index in [1.54, 1.807) is 30.5 Å². The van der Waals surface area contributed by atoms with E-state index < -0.39 is 0 Å². The van der Waals surface area contributed by atoms with Crippen molar-refractivity contribution < 1.29 is 9.59 Å². The van der Waals surface area contributed by atoms with Gasteiger partial charge in [0.15, 0.2) is 0 Å². The Kier molecular flexibility index (Phi) is 3.14. The third-order valence-electron chi connectivity index (χ3n) is 3.52. The maximum atomic E-state index is 12.2. The number of hydrazone groups is 1. The van der Waals surface area contributed by atoms with E-state index in [0.29, 0.717) is 11.1 Å². The number of rotatable bonds is 2. The number of imide groups is 1. The number of nitrogens with zero attached hydrogens (tertiary/aromatic N) is 2. The molecular weight excluding hydrogens is 264 g/mol. The van der Waals surface area contributed by atoms with Crippen molar-refractivity contribution >= 4 is 18.0 Å². The Bertz CT molecular complexity index is 743. The summed E-state index contributed by atoms with van der Waals surface area (Å²) in [6, 6.07) is 12.7. The third-order valence-corrected chi connectivity index (χ3v) is 3.52. The fourth-order valence-corrected chi connectivity index (χ4v) is 2.30. The summed E-state index contributed by atoms with van der Waals surface area (Å²) in [5.41, 5.74) is 3.85. The van der Waals surface area contributed by atoms with Crippen LogP contribution in [0.15, 0.2) is 47.6 Å². The highest BCUT2D eigenvalue weighted by Gasteiger charge is 2.35. The molecule has 0 atom stereocenters. The van der Waals surface area contributed by atoms with Crippen LogP contribution in [0, 0.1) is 13.8 Å². The molecule has 2 aromatic carbocycles. The molecule has 104 valence electrons. The van der Waals surface area contributed by atoms with E-state index in [-0.39, 0.29) is 11.8 Å². The van der Waals surface area contributed by atoms with Gasteiger partial charge in [-0.2, -0.15) is 10.1 Å². The second-order valence-electron chi connectivity index (χ2n) is 5.07. The van der Waals surface area contributed by atoms with Crippen LogP contribution in [-0.2, 0) is 0 Å². The highest BCUT2D eigenvalue weighted by Crippen LogP contribution is 2.22. The summed E-state index contributed by atoms with van der Waals surface area (Å²) < 4.78 is 0. The lowest BCUT2D eigenvalue weighted by molar-refractivity contribution is 0.0660. The van der Waals surface area contributed by atoms with Gasteiger partial charge in [-0.05, 0) is 37.1 Å². The van der Waals surface area contributed by atoms with E-state index in [1.807, 2.05) is 32.0 Å². The molecule has 0 saturated carbocycles. The highest BCUT2D eigenvalue weighted by molar-refractivity contribution is 6.21. The number of carbonyl (C=O) groups excluding carboxylic acids is 2. The first-order valence-electron chi connectivity index (χ1n) is 6.67. The maximum absolute atomic E-state index is 12.2. The molecular formula is C17H14N2O2. The van der Waals surface area contributed by atoms with E-state index in [0.717, 1.165) is 21.7 Å². The molecule has 0 unspecified atom stereocenters. The molecule has 3 rings (SSSR count). The fourth-order valence-electron chi connectivity index (χ4n) is 2.30. The smallest absolute Gasteiger partial charge is 0.267 e. The van der Waals surface area contributed by atoms with Crippen molar-refractivity contribution in [3.8, 4) is 0 Å². The minimum absolute atomic E-state index is 0.378. The molecule has 4 nitrogen and oxygen atoms in total. The van der Waals surface area contributed by atoms with Gasteiger partial charge in [0.05, 0.1) is 17.3 Å². The number of fused-ring (bicyclic) bond motifs is 1. The van der Waals surface area contributed by atoms with E-state index >= 15 is 0 Å². The zero-order valence-corrected chi connectivity index (χ0v) is 11.8. The third kappa shape index (κ3) is 2.25. The lowest BCUT2D eigenvalue weighted by Gasteiger charge is -2.07. The monoisotopic (exact) mass is 278 g/mol. The first-order chi connectivity index (χ1) is 10.1. The van der Waals surface area contributed by atoms with Gasteiger partial charge in [-0.3, -0.25) is 9.59 Å². The van der Waals surface area contributed by atoms with Gasteiger partial charge in [0.25, 0.3) is 11.8 Å². The van der Waals surface area contributed by atoms with Gasteiger partial charge >= 0.3 is 0 Å². The minimum atomic E-state index is -0.378. The average molecular weight is 278 g/mol. The van der Waals surface area contributed by atoms with Crippen LogP contribution in [-0.4, -0.2) is 23.0 Å². The summed E-state index contributed by atoms with van der Waals surface area (Å²) in [6.45, 7) is 3.95. The largest absolute Gasteiger partial charge is 0.282 e. The molecule has 0 N–H and O–H groups in total. The van der Waals surface area contributed by atoms with E-state index in [2.05, 4.69) is 5.10 Å². The SMILES string of the molecule is Cc1ccc(C)c(/C=N\N2C(=O)c3ccccc3C2=O)c1. The number of hydrogen-bond acceptors (Lipinski definition) is 3. The maximum Gasteiger partial charge on any atom is 0.282 e. The van der Waals surface area contributed by atoms with Crippen LogP contribution in [0.3, 0.4) is 0 Å². The Morgan fingerprint density at radius 2 is 1.57 bits per heavy atom. The highest BCUT2D eigenvalue weighted by atomic mass is 16.2. The van der Waals surface area contributed by atoms with Crippen LogP contribution in [0.4, 0.5) is 0 Å². The van der Waals surface area contributed by atoms with Crippen LogP contribution in [0.1, 0.15) is 37.4 Å². The molecule has 1 heterocycles. The summed E-state index contributed by atoms with van der Waals surface area (Å²) in [5.74, 6) is -0.755. The standard InChI is InChI=1S/C17H14N2O2/c1-11-7-8-12(2)13(9-11)10-18-19-16(20)14-5-3-4-6-15(14)17(19)21/h3-10H,1-2H3/b18-10-. The first-order valence-corrected chi connectivity index (χ1v) is 6.67. The van der Waals surface area contributed by atoms with Crippen molar-refractivity contribution in [3.05, 3.63) is 70.3 Å². The molecule has 0 spiro atoms. The van der Waals surface area contributed by atoms with Gasteiger partial charge in [-0.15, -0.1) is 0 Å². The molecule has 1 aliphatic rings. The van der Waals surface area contributed by atoms with Crippen molar-refractivity contribution in [2.75, 3.05) is 0 Å².